The van der Waals surface area contributed by atoms with Crippen molar-refractivity contribution in [2.45, 2.75) is 37.8 Å². The molecular weight excluding hydrogens is 266 g/mol. The number of amides is 1. The minimum absolute atomic E-state index is 0.110. The Hall–Kier alpha value is -1.69. The molecule has 0 saturated heterocycles. The van der Waals surface area contributed by atoms with E-state index < -0.39 is 12.2 Å². The molecule has 0 atom stereocenters. The summed E-state index contributed by atoms with van der Waals surface area (Å²) in [6.45, 7) is -2.34. The maximum Gasteiger partial charge on any atom is 0.387 e. The van der Waals surface area contributed by atoms with Crippen molar-refractivity contribution in [3.8, 4) is 5.75 Å². The average molecular weight is 284 g/mol. The van der Waals surface area contributed by atoms with Crippen LogP contribution in [0, 0.1) is 0 Å². The van der Waals surface area contributed by atoms with Crippen molar-refractivity contribution >= 4 is 5.91 Å². The van der Waals surface area contributed by atoms with Crippen LogP contribution >= 0.6 is 0 Å². The van der Waals surface area contributed by atoms with Gasteiger partial charge in [0.05, 0.1) is 5.54 Å². The fraction of sp³-hybridized carbons (Fsp3) is 0.500. The van der Waals surface area contributed by atoms with Crippen LogP contribution in [0.25, 0.3) is 0 Å². The summed E-state index contributed by atoms with van der Waals surface area (Å²) in [7, 11) is 0. The lowest BCUT2D eigenvalue weighted by atomic mass is 9.77. The van der Waals surface area contributed by atoms with Gasteiger partial charge in [0.2, 0.25) is 5.91 Å². The highest BCUT2D eigenvalue weighted by molar-refractivity contribution is 5.86. The molecule has 3 N–H and O–H groups in total. The minimum Gasteiger partial charge on any atom is -0.435 e. The van der Waals surface area contributed by atoms with Gasteiger partial charge in [0.15, 0.2) is 0 Å². The van der Waals surface area contributed by atoms with Gasteiger partial charge in [-0.05, 0) is 43.4 Å². The number of alkyl halides is 2. The molecule has 20 heavy (non-hydrogen) atoms. The van der Waals surface area contributed by atoms with Crippen LogP contribution in [-0.2, 0) is 11.2 Å². The largest absolute Gasteiger partial charge is 0.435 e. The molecule has 0 spiro atoms. The van der Waals surface area contributed by atoms with Crippen LogP contribution in [0.5, 0.6) is 5.75 Å². The van der Waals surface area contributed by atoms with Gasteiger partial charge in [-0.25, -0.2) is 0 Å². The predicted octanol–water partition coefficient (Wildman–Crippen LogP) is 1.83. The molecule has 4 nitrogen and oxygen atoms in total. The molecule has 0 heterocycles. The van der Waals surface area contributed by atoms with Gasteiger partial charge in [0.25, 0.3) is 0 Å². The fourth-order valence-corrected chi connectivity index (χ4v) is 2.12. The number of benzene rings is 1. The first-order chi connectivity index (χ1) is 9.49. The molecule has 1 aliphatic rings. The first-order valence-electron chi connectivity index (χ1n) is 6.60. The number of hydrogen-bond acceptors (Lipinski definition) is 3. The van der Waals surface area contributed by atoms with Crippen LogP contribution in [0.2, 0.25) is 0 Å². The Balaban J connectivity index is 1.75. The van der Waals surface area contributed by atoms with E-state index in [4.69, 9.17) is 5.73 Å². The summed E-state index contributed by atoms with van der Waals surface area (Å²) in [4.78, 5) is 11.8. The van der Waals surface area contributed by atoms with E-state index in [-0.39, 0.29) is 11.7 Å². The number of carbonyl (C=O) groups is 1. The number of nitrogens with one attached hydrogen (secondary N) is 1. The van der Waals surface area contributed by atoms with Gasteiger partial charge >= 0.3 is 6.61 Å². The molecule has 0 aliphatic heterocycles. The molecule has 0 radical (unpaired) electrons. The first kappa shape index (κ1) is 14.7. The highest BCUT2D eigenvalue weighted by atomic mass is 19.3. The summed E-state index contributed by atoms with van der Waals surface area (Å²) in [6, 6.07) is 6.37. The number of rotatable bonds is 6. The Morgan fingerprint density at radius 2 is 2.00 bits per heavy atom. The fourth-order valence-electron chi connectivity index (χ4n) is 2.12. The van der Waals surface area contributed by atoms with Gasteiger partial charge in [-0.2, -0.15) is 8.78 Å². The standard InChI is InChI=1S/C14H18F2N2O2/c15-13(16)20-11-4-2-10(3-5-11)6-9-18-12(19)14(17)7-1-8-14/h2-5,13H,1,6-9,17H2,(H,18,19). The number of nitrogens with two attached hydrogens (primary N) is 1. The molecule has 1 saturated carbocycles. The SMILES string of the molecule is NC1(C(=O)NCCc2ccc(OC(F)F)cc2)CCC1. The smallest absolute Gasteiger partial charge is 0.387 e. The molecule has 1 aromatic carbocycles. The molecule has 0 bridgehead atoms. The van der Waals surface area contributed by atoms with E-state index in [2.05, 4.69) is 10.1 Å². The quantitative estimate of drug-likeness (QED) is 0.837. The Morgan fingerprint density at radius 1 is 1.35 bits per heavy atom. The lowest BCUT2D eigenvalue weighted by Crippen LogP contribution is -2.58. The van der Waals surface area contributed by atoms with Crippen molar-refractivity contribution in [1.29, 1.82) is 0 Å². The second-order valence-electron chi connectivity index (χ2n) is 5.04. The van der Waals surface area contributed by atoms with Crippen molar-refractivity contribution in [2.75, 3.05) is 6.54 Å². The molecular formula is C14H18F2N2O2. The summed E-state index contributed by atoms with van der Waals surface area (Å²) in [5.74, 6) is 0.0181. The van der Waals surface area contributed by atoms with Crippen LogP contribution in [0.4, 0.5) is 8.78 Å². The van der Waals surface area contributed by atoms with E-state index in [0.29, 0.717) is 13.0 Å². The second kappa shape index (κ2) is 6.17. The maximum atomic E-state index is 12.0. The zero-order valence-electron chi connectivity index (χ0n) is 11.1. The molecule has 1 amide bonds. The van der Waals surface area contributed by atoms with Crippen LogP contribution in [0.1, 0.15) is 24.8 Å². The Morgan fingerprint density at radius 3 is 2.50 bits per heavy atom. The number of carbonyl (C=O) groups excluding carboxylic acids is 1. The average Bonchev–Trinajstić information content (AvgIpc) is 2.37. The van der Waals surface area contributed by atoms with E-state index in [1.807, 2.05) is 0 Å². The predicted molar refractivity (Wildman–Crippen MR) is 70.6 cm³/mol. The van der Waals surface area contributed by atoms with Crippen LogP contribution in [0.15, 0.2) is 24.3 Å². The topological polar surface area (TPSA) is 64.4 Å². The number of ether oxygens (including phenoxy) is 1. The van der Waals surface area contributed by atoms with Crippen LogP contribution < -0.4 is 15.8 Å². The molecule has 110 valence electrons. The summed E-state index contributed by atoms with van der Waals surface area (Å²) < 4.78 is 28.2. The summed E-state index contributed by atoms with van der Waals surface area (Å²) >= 11 is 0. The number of hydrogen-bond donors (Lipinski definition) is 2. The van der Waals surface area contributed by atoms with Gasteiger partial charge in [-0.15, -0.1) is 0 Å². The van der Waals surface area contributed by atoms with Crippen molar-refractivity contribution in [1.82, 2.24) is 5.32 Å². The third kappa shape index (κ3) is 3.66. The summed E-state index contributed by atoms with van der Waals surface area (Å²) in [5, 5.41) is 2.81. The number of halogens is 2. The van der Waals surface area contributed by atoms with E-state index in [1.54, 1.807) is 12.1 Å². The van der Waals surface area contributed by atoms with Crippen LogP contribution in [-0.4, -0.2) is 24.6 Å². The Bertz CT molecular complexity index is 459. The molecule has 0 unspecified atom stereocenters. The van der Waals surface area contributed by atoms with Crippen LogP contribution in [0.3, 0.4) is 0 Å². The van der Waals surface area contributed by atoms with E-state index in [0.717, 1.165) is 24.8 Å². The lowest BCUT2D eigenvalue weighted by Gasteiger charge is -2.36. The van der Waals surface area contributed by atoms with E-state index in [1.165, 1.54) is 12.1 Å². The highest BCUT2D eigenvalue weighted by Gasteiger charge is 2.39. The van der Waals surface area contributed by atoms with Crippen molar-refractivity contribution in [3.63, 3.8) is 0 Å². The zero-order chi connectivity index (χ0) is 14.6. The van der Waals surface area contributed by atoms with Crippen molar-refractivity contribution < 1.29 is 18.3 Å². The second-order valence-corrected chi connectivity index (χ2v) is 5.04. The van der Waals surface area contributed by atoms with Crippen molar-refractivity contribution in [2.24, 2.45) is 5.73 Å². The molecule has 1 aliphatic carbocycles. The van der Waals surface area contributed by atoms with E-state index >= 15 is 0 Å². The van der Waals surface area contributed by atoms with Crippen molar-refractivity contribution in [3.05, 3.63) is 29.8 Å². The van der Waals surface area contributed by atoms with Gasteiger partial charge < -0.3 is 15.8 Å². The third-order valence-electron chi connectivity index (χ3n) is 3.55. The maximum absolute atomic E-state index is 12.0. The first-order valence-corrected chi connectivity index (χ1v) is 6.60. The van der Waals surface area contributed by atoms with Gasteiger partial charge in [0, 0.05) is 6.54 Å². The van der Waals surface area contributed by atoms with Gasteiger partial charge in [-0.3, -0.25) is 4.79 Å². The zero-order valence-corrected chi connectivity index (χ0v) is 11.1. The minimum atomic E-state index is -2.82. The van der Waals surface area contributed by atoms with E-state index in [9.17, 15) is 13.6 Å². The molecule has 1 fully saturated rings. The lowest BCUT2D eigenvalue weighted by molar-refractivity contribution is -0.129. The molecule has 6 heteroatoms. The summed E-state index contributed by atoms with van der Waals surface area (Å²) in [6.07, 6.45) is 3.09. The molecule has 0 aromatic heterocycles. The van der Waals surface area contributed by atoms with Gasteiger partial charge in [-0.1, -0.05) is 12.1 Å². The third-order valence-corrected chi connectivity index (χ3v) is 3.55. The summed E-state index contributed by atoms with van der Waals surface area (Å²) in [5.41, 5.74) is 6.14. The highest BCUT2D eigenvalue weighted by Crippen LogP contribution is 2.28. The Labute approximate surface area is 116 Å². The molecule has 2 rings (SSSR count). The monoisotopic (exact) mass is 284 g/mol. The normalized spacial score (nSPS) is 16.6. The molecule has 1 aromatic rings. The van der Waals surface area contributed by atoms with Gasteiger partial charge in [0.1, 0.15) is 5.75 Å². The Kier molecular flexibility index (Phi) is 4.54.